The van der Waals surface area contributed by atoms with Crippen LogP contribution in [0.2, 0.25) is 0 Å². The number of nitrogens with zero attached hydrogens (tertiary/aromatic N) is 1. The topological polar surface area (TPSA) is 42.0 Å². The van der Waals surface area contributed by atoms with Gasteiger partial charge in [-0.05, 0) is 18.6 Å². The van der Waals surface area contributed by atoms with Gasteiger partial charge in [0.15, 0.2) is 0 Å². The summed E-state index contributed by atoms with van der Waals surface area (Å²) in [6.07, 6.45) is 4.14. The Labute approximate surface area is 92.1 Å². The van der Waals surface area contributed by atoms with Crippen molar-refractivity contribution in [3.8, 4) is 0 Å². The molecule has 0 radical (unpaired) electrons. The van der Waals surface area contributed by atoms with Crippen LogP contribution in [0.5, 0.6) is 0 Å². The van der Waals surface area contributed by atoms with Gasteiger partial charge in [0.05, 0.1) is 5.56 Å². The van der Waals surface area contributed by atoms with E-state index in [9.17, 15) is 4.79 Å². The van der Waals surface area contributed by atoms with E-state index in [-0.39, 0.29) is 5.91 Å². The zero-order valence-electron chi connectivity index (χ0n) is 8.03. The van der Waals surface area contributed by atoms with E-state index in [2.05, 4.69) is 33.2 Å². The van der Waals surface area contributed by atoms with Crippen LogP contribution in [0.3, 0.4) is 0 Å². The van der Waals surface area contributed by atoms with Crippen molar-refractivity contribution < 1.29 is 4.79 Å². The summed E-state index contributed by atoms with van der Waals surface area (Å²) in [7, 11) is 0. The number of alkyl halides is 1. The molecule has 0 saturated carbocycles. The summed E-state index contributed by atoms with van der Waals surface area (Å²) in [6, 6.07) is 3.50. The van der Waals surface area contributed by atoms with E-state index >= 15 is 0 Å². The fraction of sp³-hybridized carbons (Fsp3) is 0.400. The summed E-state index contributed by atoms with van der Waals surface area (Å²) in [5, 5.41) is 2.82. The van der Waals surface area contributed by atoms with Crippen LogP contribution in [0.15, 0.2) is 24.5 Å². The summed E-state index contributed by atoms with van der Waals surface area (Å²) in [5.74, 6) is -0.0637. The van der Waals surface area contributed by atoms with Crippen LogP contribution in [0, 0.1) is 0 Å². The predicted molar refractivity (Wildman–Crippen MR) is 59.6 cm³/mol. The molecule has 1 aromatic rings. The molecular weight excluding hydrogens is 244 g/mol. The first-order valence-corrected chi connectivity index (χ1v) is 5.44. The molecule has 0 aromatic carbocycles. The van der Waals surface area contributed by atoms with Crippen molar-refractivity contribution in [1.29, 1.82) is 0 Å². The van der Waals surface area contributed by atoms with Gasteiger partial charge in [-0.15, -0.1) is 0 Å². The molecule has 1 unspecified atom stereocenters. The van der Waals surface area contributed by atoms with Gasteiger partial charge < -0.3 is 5.32 Å². The second-order valence-electron chi connectivity index (χ2n) is 3.07. The van der Waals surface area contributed by atoms with Crippen LogP contribution < -0.4 is 5.32 Å². The SMILES string of the molecule is CC(Br)CCNC(=O)c1cccnc1. The van der Waals surface area contributed by atoms with Gasteiger partial charge in [0.1, 0.15) is 0 Å². The number of halogens is 1. The van der Waals surface area contributed by atoms with Crippen molar-refractivity contribution in [1.82, 2.24) is 10.3 Å². The fourth-order valence-electron chi connectivity index (χ4n) is 0.984. The Kier molecular flexibility index (Phi) is 4.59. The summed E-state index contributed by atoms with van der Waals surface area (Å²) in [6.45, 7) is 2.73. The highest BCUT2D eigenvalue weighted by molar-refractivity contribution is 9.09. The lowest BCUT2D eigenvalue weighted by Crippen LogP contribution is -2.25. The maximum Gasteiger partial charge on any atom is 0.252 e. The van der Waals surface area contributed by atoms with Gasteiger partial charge in [-0.3, -0.25) is 9.78 Å². The largest absolute Gasteiger partial charge is 0.352 e. The van der Waals surface area contributed by atoms with E-state index < -0.39 is 0 Å². The van der Waals surface area contributed by atoms with Crippen molar-refractivity contribution in [3.63, 3.8) is 0 Å². The molecule has 1 atom stereocenters. The first-order valence-electron chi connectivity index (χ1n) is 4.52. The maximum absolute atomic E-state index is 11.5. The number of carbonyl (C=O) groups excluding carboxylic acids is 1. The Hall–Kier alpha value is -0.900. The molecule has 0 bridgehead atoms. The van der Waals surface area contributed by atoms with Crippen LogP contribution in [0.1, 0.15) is 23.7 Å². The van der Waals surface area contributed by atoms with E-state index in [0.29, 0.717) is 16.9 Å². The van der Waals surface area contributed by atoms with Gasteiger partial charge in [0.2, 0.25) is 0 Å². The first-order chi connectivity index (χ1) is 6.70. The third-order valence-electron chi connectivity index (χ3n) is 1.75. The summed E-state index contributed by atoms with van der Waals surface area (Å²) in [5.41, 5.74) is 0.606. The zero-order chi connectivity index (χ0) is 10.4. The molecule has 4 heteroatoms. The molecular formula is C10H13BrN2O. The van der Waals surface area contributed by atoms with Crippen LogP contribution >= 0.6 is 15.9 Å². The number of pyridine rings is 1. The highest BCUT2D eigenvalue weighted by Gasteiger charge is 2.04. The lowest BCUT2D eigenvalue weighted by atomic mass is 10.2. The van der Waals surface area contributed by atoms with Crippen molar-refractivity contribution in [3.05, 3.63) is 30.1 Å². The minimum atomic E-state index is -0.0637. The number of amides is 1. The molecule has 1 amide bonds. The Morgan fingerprint density at radius 1 is 1.71 bits per heavy atom. The van der Waals surface area contributed by atoms with Gasteiger partial charge in [-0.1, -0.05) is 22.9 Å². The second kappa shape index (κ2) is 5.75. The van der Waals surface area contributed by atoms with Crippen LogP contribution in [0.4, 0.5) is 0 Å². The Bertz CT molecular complexity index is 287. The van der Waals surface area contributed by atoms with Crippen molar-refractivity contribution in [2.24, 2.45) is 0 Å². The minimum Gasteiger partial charge on any atom is -0.352 e. The molecule has 0 aliphatic rings. The van der Waals surface area contributed by atoms with Gasteiger partial charge in [-0.2, -0.15) is 0 Å². The molecule has 0 spiro atoms. The smallest absolute Gasteiger partial charge is 0.252 e. The average molecular weight is 257 g/mol. The molecule has 1 N–H and O–H groups in total. The van der Waals surface area contributed by atoms with Crippen molar-refractivity contribution in [2.75, 3.05) is 6.54 Å². The fourth-order valence-corrected chi connectivity index (χ4v) is 1.21. The molecule has 1 heterocycles. The van der Waals surface area contributed by atoms with E-state index in [1.807, 2.05) is 0 Å². The standard InChI is InChI=1S/C10H13BrN2O/c1-8(11)4-6-13-10(14)9-3-2-5-12-7-9/h2-3,5,7-8H,4,6H2,1H3,(H,13,14). The van der Waals surface area contributed by atoms with Gasteiger partial charge in [0, 0.05) is 23.8 Å². The van der Waals surface area contributed by atoms with Crippen molar-refractivity contribution >= 4 is 21.8 Å². The van der Waals surface area contributed by atoms with E-state index in [0.717, 1.165) is 6.42 Å². The normalized spacial score (nSPS) is 12.1. The lowest BCUT2D eigenvalue weighted by Gasteiger charge is -2.05. The van der Waals surface area contributed by atoms with Gasteiger partial charge in [0.25, 0.3) is 5.91 Å². The van der Waals surface area contributed by atoms with Crippen LogP contribution in [-0.2, 0) is 0 Å². The number of carbonyl (C=O) groups is 1. The lowest BCUT2D eigenvalue weighted by molar-refractivity contribution is 0.0953. The van der Waals surface area contributed by atoms with E-state index in [4.69, 9.17) is 0 Å². The summed E-state index contributed by atoms with van der Waals surface area (Å²) in [4.78, 5) is 15.8. The zero-order valence-corrected chi connectivity index (χ0v) is 9.62. The maximum atomic E-state index is 11.5. The Morgan fingerprint density at radius 3 is 3.07 bits per heavy atom. The highest BCUT2D eigenvalue weighted by atomic mass is 79.9. The number of hydrogen-bond acceptors (Lipinski definition) is 2. The number of rotatable bonds is 4. The monoisotopic (exact) mass is 256 g/mol. The van der Waals surface area contributed by atoms with E-state index in [1.54, 1.807) is 24.5 Å². The molecule has 0 aliphatic heterocycles. The molecule has 3 nitrogen and oxygen atoms in total. The number of nitrogens with one attached hydrogen (secondary N) is 1. The molecule has 14 heavy (non-hydrogen) atoms. The molecule has 0 fully saturated rings. The summed E-state index contributed by atoms with van der Waals surface area (Å²) >= 11 is 3.42. The molecule has 0 saturated heterocycles. The summed E-state index contributed by atoms with van der Waals surface area (Å²) < 4.78 is 0. The Morgan fingerprint density at radius 2 is 2.50 bits per heavy atom. The van der Waals surface area contributed by atoms with Crippen LogP contribution in [0.25, 0.3) is 0 Å². The highest BCUT2D eigenvalue weighted by Crippen LogP contribution is 2.01. The van der Waals surface area contributed by atoms with Gasteiger partial charge >= 0.3 is 0 Å². The van der Waals surface area contributed by atoms with Crippen molar-refractivity contribution in [2.45, 2.75) is 18.2 Å². The predicted octanol–water partition coefficient (Wildman–Crippen LogP) is 1.98. The number of aromatic nitrogens is 1. The quantitative estimate of drug-likeness (QED) is 0.838. The Balaban J connectivity index is 2.36. The van der Waals surface area contributed by atoms with Gasteiger partial charge in [-0.25, -0.2) is 0 Å². The first kappa shape index (κ1) is 11.2. The van der Waals surface area contributed by atoms with E-state index in [1.165, 1.54) is 0 Å². The molecule has 76 valence electrons. The third kappa shape index (κ3) is 3.87. The van der Waals surface area contributed by atoms with Crippen LogP contribution in [-0.4, -0.2) is 22.3 Å². The third-order valence-corrected chi connectivity index (χ3v) is 2.21. The minimum absolute atomic E-state index is 0.0637. The average Bonchev–Trinajstić information content (AvgIpc) is 2.18. The number of hydrogen-bond donors (Lipinski definition) is 1. The molecule has 0 aliphatic carbocycles. The second-order valence-corrected chi connectivity index (χ2v) is 4.63. The molecule has 1 rings (SSSR count). The molecule has 1 aromatic heterocycles.